The first-order valence-corrected chi connectivity index (χ1v) is 7.40. The van der Waals surface area contributed by atoms with Crippen molar-refractivity contribution in [3.8, 4) is 5.88 Å². The summed E-state index contributed by atoms with van der Waals surface area (Å²) in [5.41, 5.74) is 1.11. The van der Waals surface area contributed by atoms with Crippen LogP contribution in [0.2, 0.25) is 0 Å². The lowest BCUT2D eigenvalue weighted by atomic mass is 10.1. The molecule has 1 N–H and O–H groups in total. The number of aromatic nitrogens is 1. The highest BCUT2D eigenvalue weighted by Crippen LogP contribution is 2.20. The van der Waals surface area contributed by atoms with Crippen molar-refractivity contribution in [1.29, 1.82) is 0 Å². The van der Waals surface area contributed by atoms with Gasteiger partial charge in [0.2, 0.25) is 5.88 Å². The van der Waals surface area contributed by atoms with Gasteiger partial charge in [0.25, 0.3) is 0 Å². The molecular weight excluding hydrogens is 292 g/mol. The summed E-state index contributed by atoms with van der Waals surface area (Å²) < 4.78 is 6.76. The maximum Gasteiger partial charge on any atom is 0.217 e. The molecule has 0 bridgehead atoms. The lowest BCUT2D eigenvalue weighted by Crippen LogP contribution is -2.14. The highest BCUT2D eigenvalue weighted by Gasteiger charge is 2.06. The van der Waals surface area contributed by atoms with Gasteiger partial charge in [-0.15, -0.1) is 0 Å². The maximum atomic E-state index is 5.77. The molecule has 0 spiro atoms. The lowest BCUT2D eigenvalue weighted by Gasteiger charge is -2.11. The third-order valence-corrected chi connectivity index (χ3v) is 3.06. The number of halogens is 1. The molecule has 4 heteroatoms. The van der Waals surface area contributed by atoms with E-state index in [4.69, 9.17) is 4.74 Å². The van der Waals surface area contributed by atoms with E-state index in [1.807, 2.05) is 0 Å². The van der Waals surface area contributed by atoms with Crippen LogP contribution in [0.5, 0.6) is 5.88 Å². The molecule has 3 nitrogen and oxygen atoms in total. The molecule has 1 aromatic rings. The fourth-order valence-corrected chi connectivity index (χ4v) is 2.02. The summed E-state index contributed by atoms with van der Waals surface area (Å²) in [4.78, 5) is 4.34. The molecule has 0 aliphatic carbocycles. The second kappa shape index (κ2) is 8.48. The minimum Gasteiger partial charge on any atom is -0.477 e. The van der Waals surface area contributed by atoms with Gasteiger partial charge in [-0.3, -0.25) is 0 Å². The van der Waals surface area contributed by atoms with Gasteiger partial charge in [-0.1, -0.05) is 20.8 Å². The number of hydrogen-bond donors (Lipinski definition) is 1. The molecule has 102 valence electrons. The number of hydrogen-bond acceptors (Lipinski definition) is 3. The Balaban J connectivity index is 2.52. The summed E-state index contributed by atoms with van der Waals surface area (Å²) in [6, 6.07) is 2.06. The zero-order chi connectivity index (χ0) is 13.4. The molecule has 0 saturated heterocycles. The summed E-state index contributed by atoms with van der Waals surface area (Å²) in [6.45, 7) is 9.03. The Morgan fingerprint density at radius 1 is 1.44 bits per heavy atom. The van der Waals surface area contributed by atoms with Gasteiger partial charge in [-0.05, 0) is 47.3 Å². The van der Waals surface area contributed by atoms with Crippen LogP contribution < -0.4 is 10.1 Å². The van der Waals surface area contributed by atoms with Crippen LogP contribution >= 0.6 is 15.9 Å². The van der Waals surface area contributed by atoms with E-state index in [-0.39, 0.29) is 0 Å². The van der Waals surface area contributed by atoms with Crippen molar-refractivity contribution in [3.05, 3.63) is 22.3 Å². The van der Waals surface area contributed by atoms with Gasteiger partial charge in [0.15, 0.2) is 0 Å². The van der Waals surface area contributed by atoms with Crippen molar-refractivity contribution in [2.45, 2.75) is 40.2 Å². The third kappa shape index (κ3) is 5.83. The Hall–Kier alpha value is -0.610. The number of nitrogens with zero attached hydrogens (tertiary/aromatic N) is 1. The molecule has 18 heavy (non-hydrogen) atoms. The Bertz CT molecular complexity index is 356. The number of pyridine rings is 1. The second-order valence-corrected chi connectivity index (χ2v) is 5.70. The van der Waals surface area contributed by atoms with Crippen LogP contribution in [0.3, 0.4) is 0 Å². The van der Waals surface area contributed by atoms with Crippen LogP contribution in [0.1, 0.15) is 39.2 Å². The van der Waals surface area contributed by atoms with Gasteiger partial charge in [-0.25, -0.2) is 4.98 Å². The van der Waals surface area contributed by atoms with Gasteiger partial charge >= 0.3 is 0 Å². The Morgan fingerprint density at radius 2 is 2.22 bits per heavy atom. The van der Waals surface area contributed by atoms with Crippen LogP contribution in [0.15, 0.2) is 16.7 Å². The normalized spacial score (nSPS) is 10.9. The summed E-state index contributed by atoms with van der Waals surface area (Å²) in [5.74, 6) is 1.48. The smallest absolute Gasteiger partial charge is 0.217 e. The van der Waals surface area contributed by atoms with Crippen LogP contribution in [0.4, 0.5) is 0 Å². The van der Waals surface area contributed by atoms with Crippen LogP contribution in [-0.2, 0) is 6.54 Å². The molecule has 1 rings (SSSR count). The van der Waals surface area contributed by atoms with E-state index >= 15 is 0 Å². The van der Waals surface area contributed by atoms with E-state index in [1.54, 1.807) is 6.20 Å². The topological polar surface area (TPSA) is 34.2 Å². The second-order valence-electron chi connectivity index (χ2n) is 4.78. The summed E-state index contributed by atoms with van der Waals surface area (Å²) in [7, 11) is 0. The first-order valence-electron chi connectivity index (χ1n) is 6.61. The van der Waals surface area contributed by atoms with Crippen molar-refractivity contribution in [3.63, 3.8) is 0 Å². The van der Waals surface area contributed by atoms with E-state index in [1.165, 1.54) is 6.42 Å². The molecule has 0 fully saturated rings. The number of ether oxygens (including phenoxy) is 1. The van der Waals surface area contributed by atoms with Gasteiger partial charge in [0.1, 0.15) is 0 Å². The molecule has 1 heterocycles. The molecule has 0 amide bonds. The lowest BCUT2D eigenvalue weighted by molar-refractivity contribution is 0.283. The monoisotopic (exact) mass is 314 g/mol. The molecular formula is C14H23BrN2O. The van der Waals surface area contributed by atoms with E-state index in [0.717, 1.165) is 48.0 Å². The first-order chi connectivity index (χ1) is 8.63. The largest absolute Gasteiger partial charge is 0.477 e. The number of nitrogens with one attached hydrogen (secondary N) is 1. The minimum absolute atomic E-state index is 0.729. The van der Waals surface area contributed by atoms with Gasteiger partial charge < -0.3 is 10.1 Å². The molecule has 1 aromatic heterocycles. The predicted molar refractivity (Wildman–Crippen MR) is 78.9 cm³/mol. The first kappa shape index (κ1) is 15.4. The van der Waals surface area contributed by atoms with Crippen molar-refractivity contribution >= 4 is 15.9 Å². The Labute approximate surface area is 118 Å². The van der Waals surface area contributed by atoms with E-state index in [0.29, 0.717) is 0 Å². The van der Waals surface area contributed by atoms with Crippen molar-refractivity contribution in [1.82, 2.24) is 10.3 Å². The van der Waals surface area contributed by atoms with Gasteiger partial charge in [0, 0.05) is 22.8 Å². The maximum absolute atomic E-state index is 5.77. The Kier molecular flexibility index (Phi) is 7.28. The van der Waals surface area contributed by atoms with Crippen molar-refractivity contribution < 1.29 is 4.74 Å². The van der Waals surface area contributed by atoms with Crippen LogP contribution in [-0.4, -0.2) is 18.1 Å². The van der Waals surface area contributed by atoms with Gasteiger partial charge in [-0.2, -0.15) is 0 Å². The molecule has 0 aromatic carbocycles. The van der Waals surface area contributed by atoms with E-state index in [2.05, 4.69) is 53.1 Å². The molecule has 0 aliphatic heterocycles. The van der Waals surface area contributed by atoms with E-state index < -0.39 is 0 Å². The average Bonchev–Trinajstić information content (AvgIpc) is 2.33. The zero-order valence-corrected chi connectivity index (χ0v) is 13.1. The summed E-state index contributed by atoms with van der Waals surface area (Å²) in [6.07, 6.45) is 4.06. The minimum atomic E-state index is 0.729. The SMILES string of the molecule is CCNCc1cc(Br)cnc1OCCCC(C)C. The standard InChI is InChI=1S/C14H23BrN2O/c1-4-16-9-12-8-13(15)10-17-14(12)18-7-5-6-11(2)3/h8,10-11,16H,4-7,9H2,1-3H3. The highest BCUT2D eigenvalue weighted by atomic mass is 79.9. The van der Waals surface area contributed by atoms with Crippen LogP contribution in [0.25, 0.3) is 0 Å². The fraction of sp³-hybridized carbons (Fsp3) is 0.643. The summed E-state index contributed by atoms with van der Waals surface area (Å²) in [5, 5.41) is 3.30. The van der Waals surface area contributed by atoms with E-state index in [9.17, 15) is 0 Å². The zero-order valence-electron chi connectivity index (χ0n) is 11.5. The Morgan fingerprint density at radius 3 is 2.89 bits per heavy atom. The molecule has 0 aliphatic rings. The average molecular weight is 315 g/mol. The van der Waals surface area contributed by atoms with Crippen molar-refractivity contribution in [2.75, 3.05) is 13.2 Å². The van der Waals surface area contributed by atoms with Crippen molar-refractivity contribution in [2.24, 2.45) is 5.92 Å². The summed E-state index contributed by atoms with van der Waals surface area (Å²) >= 11 is 3.44. The quantitative estimate of drug-likeness (QED) is 0.742. The third-order valence-electron chi connectivity index (χ3n) is 2.62. The predicted octanol–water partition coefficient (Wildman–Crippen LogP) is 3.77. The molecule has 0 unspecified atom stereocenters. The molecule has 0 atom stereocenters. The molecule has 0 saturated carbocycles. The molecule has 0 radical (unpaired) electrons. The number of rotatable bonds is 8. The fourth-order valence-electron chi connectivity index (χ4n) is 1.65. The highest BCUT2D eigenvalue weighted by molar-refractivity contribution is 9.10. The van der Waals surface area contributed by atoms with Gasteiger partial charge in [0.05, 0.1) is 6.61 Å². The van der Waals surface area contributed by atoms with Crippen LogP contribution in [0, 0.1) is 5.92 Å².